The van der Waals surface area contributed by atoms with Gasteiger partial charge in [-0.2, -0.15) is 5.10 Å². The summed E-state index contributed by atoms with van der Waals surface area (Å²) >= 11 is 0. The Bertz CT molecular complexity index is 1070. The number of benzene rings is 2. The zero-order chi connectivity index (χ0) is 19.2. The van der Waals surface area contributed by atoms with E-state index in [0.717, 1.165) is 5.56 Å². The smallest absolute Gasteiger partial charge is 0.326 e. The summed E-state index contributed by atoms with van der Waals surface area (Å²) in [6.45, 7) is 0. The molecule has 0 bridgehead atoms. The van der Waals surface area contributed by atoms with Crippen LogP contribution in [0.15, 0.2) is 94.8 Å². The molecule has 0 aliphatic rings. The van der Waals surface area contributed by atoms with Crippen molar-refractivity contribution < 1.29 is 9.21 Å². The number of rotatable bonds is 5. The van der Waals surface area contributed by atoms with Crippen LogP contribution in [0.5, 0.6) is 0 Å². The van der Waals surface area contributed by atoms with Crippen molar-refractivity contribution in [3.05, 3.63) is 90.8 Å². The van der Waals surface area contributed by atoms with Crippen LogP contribution in [0.4, 0.5) is 16.4 Å². The van der Waals surface area contributed by atoms with Gasteiger partial charge in [-0.05, 0) is 29.8 Å². The summed E-state index contributed by atoms with van der Waals surface area (Å²) in [5.41, 5.74) is 2.16. The molecule has 0 unspecified atom stereocenters. The highest BCUT2D eigenvalue weighted by atomic mass is 16.3. The van der Waals surface area contributed by atoms with Crippen molar-refractivity contribution >= 4 is 23.9 Å². The van der Waals surface area contributed by atoms with Crippen molar-refractivity contribution in [1.82, 2.24) is 9.66 Å². The van der Waals surface area contributed by atoms with E-state index in [9.17, 15) is 4.79 Å². The first-order chi connectivity index (χ1) is 13.8. The third-order valence-electron chi connectivity index (χ3n) is 3.85. The summed E-state index contributed by atoms with van der Waals surface area (Å²) in [7, 11) is 0. The molecule has 0 spiro atoms. The largest absolute Gasteiger partial charge is 0.463 e. The molecular formula is C21H17N5O2. The van der Waals surface area contributed by atoms with Crippen LogP contribution >= 0.6 is 0 Å². The second-order valence-corrected chi connectivity index (χ2v) is 5.87. The fourth-order valence-electron chi connectivity index (χ4n) is 2.54. The van der Waals surface area contributed by atoms with Crippen molar-refractivity contribution in [2.45, 2.75) is 0 Å². The molecule has 0 aliphatic carbocycles. The molecule has 0 fully saturated rings. The molecule has 4 rings (SSSR count). The molecule has 2 heterocycles. The van der Waals surface area contributed by atoms with Crippen LogP contribution in [0.3, 0.4) is 0 Å². The molecule has 138 valence electrons. The molecule has 4 aromatic rings. The second kappa shape index (κ2) is 8.05. The minimum atomic E-state index is -0.418. The van der Waals surface area contributed by atoms with Crippen molar-refractivity contribution in [2.75, 3.05) is 10.6 Å². The van der Waals surface area contributed by atoms with Gasteiger partial charge in [-0.15, -0.1) is 0 Å². The van der Waals surface area contributed by atoms with E-state index in [1.54, 1.807) is 42.9 Å². The highest BCUT2D eigenvalue weighted by molar-refractivity contribution is 5.98. The van der Waals surface area contributed by atoms with Crippen LogP contribution in [-0.4, -0.2) is 21.9 Å². The van der Waals surface area contributed by atoms with E-state index in [0.29, 0.717) is 17.1 Å². The number of hydrogen-bond acceptors (Lipinski definition) is 4. The number of hydrogen-bond donors (Lipinski definition) is 2. The van der Waals surface area contributed by atoms with Gasteiger partial charge in [-0.25, -0.2) is 14.5 Å². The standard InChI is InChI=1S/C21H17N5O2/c27-21(23-17-10-5-2-6-11-17)25-20-24-18(19-12-7-13-28-19)15-26(20)22-14-16-8-3-1-4-9-16/h1-15H,(H2,23,24,25,27). The molecule has 28 heavy (non-hydrogen) atoms. The van der Waals surface area contributed by atoms with E-state index in [-0.39, 0.29) is 5.95 Å². The molecule has 0 atom stereocenters. The SMILES string of the molecule is O=C(Nc1ccccc1)Nc1nc(-c2ccco2)cn1N=Cc1ccccc1. The van der Waals surface area contributed by atoms with E-state index in [1.807, 2.05) is 48.5 Å². The quantitative estimate of drug-likeness (QED) is 0.500. The van der Waals surface area contributed by atoms with Crippen LogP contribution in [0.1, 0.15) is 5.56 Å². The maximum atomic E-state index is 12.4. The molecule has 2 N–H and O–H groups in total. The number of amides is 2. The van der Waals surface area contributed by atoms with Gasteiger partial charge in [0.1, 0.15) is 5.69 Å². The van der Waals surface area contributed by atoms with Crippen LogP contribution in [0.2, 0.25) is 0 Å². The normalized spacial score (nSPS) is 10.9. The summed E-state index contributed by atoms with van der Waals surface area (Å²) in [4.78, 5) is 16.8. The lowest BCUT2D eigenvalue weighted by Gasteiger charge is -2.06. The molecule has 0 radical (unpaired) electrons. The Morgan fingerprint density at radius 2 is 1.71 bits per heavy atom. The Hall–Kier alpha value is -4.13. The predicted octanol–water partition coefficient (Wildman–Crippen LogP) is 4.67. The van der Waals surface area contributed by atoms with Crippen molar-refractivity contribution in [3.63, 3.8) is 0 Å². The average molecular weight is 371 g/mol. The molecule has 7 nitrogen and oxygen atoms in total. The minimum Gasteiger partial charge on any atom is -0.463 e. The minimum absolute atomic E-state index is 0.270. The van der Waals surface area contributed by atoms with Crippen LogP contribution in [0, 0.1) is 0 Å². The second-order valence-electron chi connectivity index (χ2n) is 5.87. The van der Waals surface area contributed by atoms with Crippen LogP contribution in [0.25, 0.3) is 11.5 Å². The monoisotopic (exact) mass is 371 g/mol. The maximum absolute atomic E-state index is 12.4. The van der Waals surface area contributed by atoms with Gasteiger partial charge < -0.3 is 9.73 Å². The van der Waals surface area contributed by atoms with Gasteiger partial charge in [0.15, 0.2) is 5.76 Å². The summed E-state index contributed by atoms with van der Waals surface area (Å²) in [6, 6.07) is 22.0. The number of carbonyl (C=O) groups is 1. The maximum Gasteiger partial charge on any atom is 0.326 e. The van der Waals surface area contributed by atoms with Crippen molar-refractivity contribution in [3.8, 4) is 11.5 Å². The van der Waals surface area contributed by atoms with Gasteiger partial charge >= 0.3 is 6.03 Å². The molecule has 0 saturated heterocycles. The average Bonchev–Trinajstić information content (AvgIpc) is 3.38. The summed E-state index contributed by atoms with van der Waals surface area (Å²) in [5, 5.41) is 9.89. The Morgan fingerprint density at radius 1 is 0.964 bits per heavy atom. The van der Waals surface area contributed by atoms with Crippen LogP contribution < -0.4 is 10.6 Å². The Morgan fingerprint density at radius 3 is 2.43 bits per heavy atom. The Kier molecular flexibility index (Phi) is 4.97. The number of furan rings is 1. The number of carbonyl (C=O) groups excluding carboxylic acids is 1. The lowest BCUT2D eigenvalue weighted by molar-refractivity contribution is 0.262. The number of aromatic nitrogens is 2. The molecule has 0 aliphatic heterocycles. The molecule has 0 saturated carbocycles. The third kappa shape index (κ3) is 4.16. The molecular weight excluding hydrogens is 354 g/mol. The summed E-state index contributed by atoms with van der Waals surface area (Å²) in [6.07, 6.45) is 4.95. The lowest BCUT2D eigenvalue weighted by atomic mass is 10.2. The van der Waals surface area contributed by atoms with E-state index >= 15 is 0 Å². The van der Waals surface area contributed by atoms with E-state index < -0.39 is 6.03 Å². The summed E-state index contributed by atoms with van der Waals surface area (Å²) < 4.78 is 6.89. The highest BCUT2D eigenvalue weighted by Crippen LogP contribution is 2.21. The highest BCUT2D eigenvalue weighted by Gasteiger charge is 2.14. The van der Waals surface area contributed by atoms with Gasteiger partial charge in [0.2, 0.25) is 5.95 Å². The van der Waals surface area contributed by atoms with Crippen molar-refractivity contribution in [2.24, 2.45) is 5.10 Å². The first-order valence-electron chi connectivity index (χ1n) is 8.64. The topological polar surface area (TPSA) is 84.5 Å². The number of urea groups is 1. The molecule has 2 amide bonds. The number of para-hydroxylation sites is 1. The van der Waals surface area contributed by atoms with Gasteiger partial charge in [-0.1, -0.05) is 48.5 Å². The first-order valence-corrected chi connectivity index (χ1v) is 8.64. The fraction of sp³-hybridized carbons (Fsp3) is 0. The van der Waals surface area contributed by atoms with E-state index in [1.165, 1.54) is 4.68 Å². The fourth-order valence-corrected chi connectivity index (χ4v) is 2.54. The van der Waals surface area contributed by atoms with Gasteiger partial charge in [0.05, 0.1) is 18.7 Å². The lowest BCUT2D eigenvalue weighted by Crippen LogP contribution is -2.21. The predicted molar refractivity (Wildman–Crippen MR) is 108 cm³/mol. The third-order valence-corrected chi connectivity index (χ3v) is 3.85. The first kappa shape index (κ1) is 17.3. The number of imidazole rings is 1. The Labute approximate surface area is 161 Å². The van der Waals surface area contributed by atoms with Crippen LogP contribution in [-0.2, 0) is 0 Å². The van der Waals surface area contributed by atoms with E-state index in [2.05, 4.69) is 20.7 Å². The van der Waals surface area contributed by atoms with Crippen molar-refractivity contribution in [1.29, 1.82) is 0 Å². The number of nitrogens with zero attached hydrogens (tertiary/aromatic N) is 3. The zero-order valence-electron chi connectivity index (χ0n) is 14.8. The molecule has 2 aromatic heterocycles. The van der Waals surface area contributed by atoms with Gasteiger partial charge in [-0.3, -0.25) is 5.32 Å². The zero-order valence-corrected chi connectivity index (χ0v) is 14.8. The van der Waals surface area contributed by atoms with Gasteiger partial charge in [0, 0.05) is 5.69 Å². The van der Waals surface area contributed by atoms with E-state index in [4.69, 9.17) is 4.42 Å². The number of anilines is 2. The van der Waals surface area contributed by atoms with Gasteiger partial charge in [0.25, 0.3) is 0 Å². The Balaban J connectivity index is 1.59. The molecule has 2 aromatic carbocycles. The summed E-state index contributed by atoms with van der Waals surface area (Å²) in [5.74, 6) is 0.854. The molecule has 7 heteroatoms. The number of nitrogens with one attached hydrogen (secondary N) is 2.